The van der Waals surface area contributed by atoms with Crippen LogP contribution in [0.25, 0.3) is 11.6 Å². The predicted molar refractivity (Wildman–Crippen MR) is 134 cm³/mol. The third-order valence-electron chi connectivity index (χ3n) is 4.59. The van der Waals surface area contributed by atoms with Crippen molar-refractivity contribution in [3.8, 4) is 11.5 Å². The molecular formula is C26H21NO4S2. The summed E-state index contributed by atoms with van der Waals surface area (Å²) in [4.78, 5) is 27.2. The van der Waals surface area contributed by atoms with E-state index in [1.54, 1.807) is 37.3 Å². The molecule has 2 aromatic heterocycles. The lowest BCUT2D eigenvalue weighted by Crippen LogP contribution is -2.30. The van der Waals surface area contributed by atoms with E-state index in [1.165, 1.54) is 22.7 Å². The third kappa shape index (κ3) is 6.19. The molecule has 166 valence electrons. The quantitative estimate of drug-likeness (QED) is 0.227. The topological polar surface area (TPSA) is 64.6 Å². The van der Waals surface area contributed by atoms with Gasteiger partial charge in [0.25, 0.3) is 5.91 Å². The molecule has 0 radical (unpaired) electrons. The Morgan fingerprint density at radius 3 is 2.21 bits per heavy atom. The van der Waals surface area contributed by atoms with Crippen molar-refractivity contribution >= 4 is 51.9 Å². The summed E-state index contributed by atoms with van der Waals surface area (Å²) in [6.45, 7) is 1.55. The standard InChI is InChI=1S/C26H21NO4S2/c1-18(30-26(29)23(24-10-6-16-33-24)17-22-9-5-15-32-22)25(28)27-19-11-13-21(14-12-19)31-20-7-3-2-4-8-20/h2-18H,1H3,(H,27,28)/b23-17+/t18-/m0/s1. The van der Waals surface area contributed by atoms with Gasteiger partial charge in [0.1, 0.15) is 11.5 Å². The van der Waals surface area contributed by atoms with Crippen LogP contribution in [-0.4, -0.2) is 18.0 Å². The monoisotopic (exact) mass is 475 g/mol. The third-order valence-corrected chi connectivity index (χ3v) is 6.31. The molecule has 2 heterocycles. The summed E-state index contributed by atoms with van der Waals surface area (Å²) in [5, 5.41) is 6.61. The zero-order valence-corrected chi connectivity index (χ0v) is 19.4. The number of anilines is 1. The van der Waals surface area contributed by atoms with Crippen molar-refractivity contribution in [2.75, 3.05) is 5.32 Å². The summed E-state index contributed by atoms with van der Waals surface area (Å²) in [7, 11) is 0. The smallest absolute Gasteiger partial charge is 0.340 e. The molecule has 1 atom stereocenters. The highest BCUT2D eigenvalue weighted by atomic mass is 32.1. The minimum Gasteiger partial charge on any atom is -0.457 e. The van der Waals surface area contributed by atoms with Crippen molar-refractivity contribution in [2.24, 2.45) is 0 Å². The average molecular weight is 476 g/mol. The molecular weight excluding hydrogens is 454 g/mol. The normalized spacial score (nSPS) is 12.1. The van der Waals surface area contributed by atoms with E-state index in [2.05, 4.69) is 5.32 Å². The van der Waals surface area contributed by atoms with Crippen LogP contribution in [0.4, 0.5) is 5.69 Å². The van der Waals surface area contributed by atoms with Gasteiger partial charge in [-0.3, -0.25) is 4.79 Å². The van der Waals surface area contributed by atoms with E-state index in [4.69, 9.17) is 9.47 Å². The molecule has 7 heteroatoms. The van der Waals surface area contributed by atoms with E-state index in [-0.39, 0.29) is 0 Å². The van der Waals surface area contributed by atoms with Gasteiger partial charge in [-0.15, -0.1) is 22.7 Å². The number of nitrogens with one attached hydrogen (secondary N) is 1. The zero-order valence-electron chi connectivity index (χ0n) is 17.8. The summed E-state index contributed by atoms with van der Waals surface area (Å²) in [6, 6.07) is 24.0. The van der Waals surface area contributed by atoms with Crippen molar-refractivity contribution in [1.82, 2.24) is 0 Å². The van der Waals surface area contributed by atoms with Gasteiger partial charge in [0.15, 0.2) is 6.10 Å². The molecule has 0 bridgehead atoms. The molecule has 1 N–H and O–H groups in total. The number of amides is 1. The van der Waals surface area contributed by atoms with E-state index in [0.717, 1.165) is 15.5 Å². The summed E-state index contributed by atoms with van der Waals surface area (Å²) in [6.07, 6.45) is 0.819. The number of esters is 1. The Bertz CT molecular complexity index is 1220. The average Bonchev–Trinajstić information content (AvgIpc) is 3.54. The van der Waals surface area contributed by atoms with Crippen molar-refractivity contribution in [1.29, 1.82) is 0 Å². The van der Waals surface area contributed by atoms with E-state index in [0.29, 0.717) is 17.0 Å². The number of carbonyl (C=O) groups excluding carboxylic acids is 2. The molecule has 0 fully saturated rings. The maximum absolute atomic E-state index is 12.9. The number of para-hydroxylation sites is 1. The Hall–Kier alpha value is -3.68. The zero-order chi connectivity index (χ0) is 23.0. The molecule has 4 rings (SSSR count). The highest BCUT2D eigenvalue weighted by molar-refractivity contribution is 7.12. The van der Waals surface area contributed by atoms with Crippen molar-refractivity contribution in [3.63, 3.8) is 0 Å². The van der Waals surface area contributed by atoms with Crippen LogP contribution >= 0.6 is 22.7 Å². The molecule has 0 spiro atoms. The molecule has 0 aliphatic carbocycles. The first kappa shape index (κ1) is 22.5. The van der Waals surface area contributed by atoms with Gasteiger partial charge in [-0.05, 0) is 72.3 Å². The second kappa shape index (κ2) is 10.8. The van der Waals surface area contributed by atoms with Crippen LogP contribution in [0.15, 0.2) is 89.6 Å². The van der Waals surface area contributed by atoms with Crippen LogP contribution in [0, 0.1) is 0 Å². The lowest BCUT2D eigenvalue weighted by Gasteiger charge is -2.15. The van der Waals surface area contributed by atoms with E-state index in [9.17, 15) is 9.59 Å². The number of thiophene rings is 2. The maximum Gasteiger partial charge on any atom is 0.340 e. The molecule has 0 saturated carbocycles. The van der Waals surface area contributed by atoms with Gasteiger partial charge in [0.2, 0.25) is 0 Å². The van der Waals surface area contributed by atoms with Crippen molar-refractivity contribution in [3.05, 3.63) is 99.4 Å². The summed E-state index contributed by atoms with van der Waals surface area (Å²) in [5.74, 6) is 0.423. The Morgan fingerprint density at radius 2 is 1.55 bits per heavy atom. The lowest BCUT2D eigenvalue weighted by atomic mass is 10.2. The van der Waals surface area contributed by atoms with E-state index in [1.807, 2.05) is 65.4 Å². The molecule has 0 aliphatic heterocycles. The Balaban J connectivity index is 1.38. The predicted octanol–water partition coefficient (Wildman–Crippen LogP) is 6.71. The summed E-state index contributed by atoms with van der Waals surface area (Å²) < 4.78 is 11.2. The molecule has 0 unspecified atom stereocenters. The van der Waals surface area contributed by atoms with E-state index >= 15 is 0 Å². The number of rotatable bonds is 8. The second-order valence-corrected chi connectivity index (χ2v) is 8.95. The summed E-state index contributed by atoms with van der Waals surface area (Å²) in [5.41, 5.74) is 1.01. The molecule has 0 aliphatic rings. The maximum atomic E-state index is 12.9. The van der Waals surface area contributed by atoms with Gasteiger partial charge in [-0.2, -0.15) is 0 Å². The van der Waals surface area contributed by atoms with Crippen LogP contribution in [0.1, 0.15) is 16.7 Å². The van der Waals surface area contributed by atoms with Crippen LogP contribution in [-0.2, 0) is 14.3 Å². The van der Waals surface area contributed by atoms with Gasteiger partial charge < -0.3 is 14.8 Å². The first-order valence-electron chi connectivity index (χ1n) is 10.2. The molecule has 0 saturated heterocycles. The molecule has 1 amide bonds. The highest BCUT2D eigenvalue weighted by Crippen LogP contribution is 2.27. The van der Waals surface area contributed by atoms with Gasteiger partial charge in [0.05, 0.1) is 5.57 Å². The number of hydrogen-bond donors (Lipinski definition) is 1. The second-order valence-electron chi connectivity index (χ2n) is 7.03. The number of benzene rings is 2. The Morgan fingerprint density at radius 1 is 0.848 bits per heavy atom. The van der Waals surface area contributed by atoms with Crippen molar-refractivity contribution in [2.45, 2.75) is 13.0 Å². The van der Waals surface area contributed by atoms with Crippen molar-refractivity contribution < 1.29 is 19.1 Å². The van der Waals surface area contributed by atoms with Crippen LogP contribution < -0.4 is 10.1 Å². The minimum atomic E-state index is -0.968. The minimum absolute atomic E-state index is 0.415. The molecule has 2 aromatic carbocycles. The van der Waals surface area contributed by atoms with Gasteiger partial charge in [-0.25, -0.2) is 4.79 Å². The van der Waals surface area contributed by atoms with Crippen LogP contribution in [0.3, 0.4) is 0 Å². The first-order chi connectivity index (χ1) is 16.1. The Kier molecular flexibility index (Phi) is 7.34. The number of ether oxygens (including phenoxy) is 2. The fourth-order valence-corrected chi connectivity index (χ4v) is 4.32. The van der Waals surface area contributed by atoms with Gasteiger partial charge in [0, 0.05) is 15.4 Å². The molecule has 5 nitrogen and oxygen atoms in total. The largest absolute Gasteiger partial charge is 0.457 e. The number of carbonyl (C=O) groups is 2. The fourth-order valence-electron chi connectivity index (χ4n) is 2.93. The molecule has 4 aromatic rings. The molecule has 33 heavy (non-hydrogen) atoms. The number of hydrogen-bond acceptors (Lipinski definition) is 6. The van der Waals surface area contributed by atoms with Gasteiger partial charge >= 0.3 is 5.97 Å². The first-order valence-corrected chi connectivity index (χ1v) is 12.0. The lowest BCUT2D eigenvalue weighted by molar-refractivity contribution is -0.147. The van der Waals surface area contributed by atoms with Crippen LogP contribution in [0.2, 0.25) is 0 Å². The van der Waals surface area contributed by atoms with E-state index < -0.39 is 18.0 Å². The SMILES string of the molecule is C[C@H](OC(=O)/C(=C/c1cccs1)c1cccs1)C(=O)Nc1ccc(Oc2ccccc2)cc1. The van der Waals surface area contributed by atoms with Gasteiger partial charge in [-0.1, -0.05) is 30.3 Å². The Labute approximate surface area is 199 Å². The summed E-state index contributed by atoms with van der Waals surface area (Å²) >= 11 is 2.97. The van der Waals surface area contributed by atoms with Crippen LogP contribution in [0.5, 0.6) is 11.5 Å². The highest BCUT2D eigenvalue weighted by Gasteiger charge is 2.22. The fraction of sp³-hybridized carbons (Fsp3) is 0.0769.